The van der Waals surface area contributed by atoms with E-state index in [2.05, 4.69) is 51.5 Å². The van der Waals surface area contributed by atoms with Crippen molar-refractivity contribution in [2.75, 3.05) is 99.4 Å². The number of fused-ring (bicyclic) bond motifs is 5. The van der Waals surface area contributed by atoms with Crippen molar-refractivity contribution in [1.29, 1.82) is 0 Å². The predicted molar refractivity (Wildman–Crippen MR) is 485 cm³/mol. The van der Waals surface area contributed by atoms with Crippen LogP contribution in [0.1, 0.15) is 114 Å². The van der Waals surface area contributed by atoms with Gasteiger partial charge in [0.05, 0.1) is 52.9 Å². The molecule has 0 saturated carbocycles. The Morgan fingerprint density at radius 2 is 0.560 bits per heavy atom. The van der Waals surface area contributed by atoms with Crippen molar-refractivity contribution in [3.8, 4) is 46.0 Å². The average molecular weight is 2120 g/mol. The van der Waals surface area contributed by atoms with E-state index in [9.17, 15) is 117 Å². The van der Waals surface area contributed by atoms with Crippen molar-refractivity contribution >= 4 is 58.6 Å². The summed E-state index contributed by atoms with van der Waals surface area (Å²) in [5.41, 5.74) is -2.88. The number of rotatable bonds is 20. The second-order valence-corrected chi connectivity index (χ2v) is 34.8. The van der Waals surface area contributed by atoms with Crippen molar-refractivity contribution < 1.29 is 181 Å². The number of benzene rings is 5. The van der Waals surface area contributed by atoms with E-state index in [4.69, 9.17) is 87.1 Å². The molecule has 10 aliphatic rings. The first-order chi connectivity index (χ1) is 71.2. The fourth-order valence-electron chi connectivity index (χ4n) is 16.4. The van der Waals surface area contributed by atoms with Gasteiger partial charge in [-0.05, 0) is 140 Å². The van der Waals surface area contributed by atoms with Crippen LogP contribution < -0.4 is 92.9 Å². The molecule has 10 aromatic rings. The first kappa shape index (κ1) is 108. The summed E-state index contributed by atoms with van der Waals surface area (Å²) in [6, 6.07) is 29.2. The summed E-state index contributed by atoms with van der Waals surface area (Å²) in [4.78, 5) is 141. The molecule has 0 radical (unpaired) electrons. The number of aliphatic hydroxyl groups is 10. The maximum atomic E-state index is 14.2. The molecule has 15 heterocycles. The lowest BCUT2D eigenvalue weighted by molar-refractivity contribution is -0.141. The first-order valence-corrected chi connectivity index (χ1v) is 45.2. The zero-order chi connectivity index (χ0) is 108. The molecule has 5 saturated heterocycles. The van der Waals surface area contributed by atoms with E-state index in [-0.39, 0.29) is 63.7 Å². The fraction of sp³-hybridized carbons (Fsp3) is 0.402. The Kier molecular flexibility index (Phi) is 31.3. The Labute approximate surface area is 833 Å². The molecule has 58 heteroatoms. The Bertz CT molecular complexity index is 6930. The lowest BCUT2D eigenvalue weighted by Crippen LogP contribution is -2.41. The highest BCUT2D eigenvalue weighted by atomic mass is 19.3. The van der Waals surface area contributed by atoms with Gasteiger partial charge in [-0.25, -0.2) is 24.0 Å². The summed E-state index contributed by atoms with van der Waals surface area (Å²) >= 11 is 0. The van der Waals surface area contributed by atoms with Crippen LogP contribution in [0.4, 0.5) is 73.0 Å². The number of nitrogens with zero attached hydrogens (tertiary/aromatic N) is 10. The smallest absolute Gasteiger partial charge is 0.351 e. The van der Waals surface area contributed by atoms with E-state index >= 15 is 0 Å². The van der Waals surface area contributed by atoms with Gasteiger partial charge >= 0.3 is 58.1 Å². The average Bonchev–Trinajstić information content (AvgIpc) is 1.63. The third-order valence-electron chi connectivity index (χ3n) is 24.2. The topological polar surface area (TPSA) is 642 Å². The summed E-state index contributed by atoms with van der Waals surface area (Å²) < 4.78 is 212. The summed E-state index contributed by atoms with van der Waals surface area (Å²) in [7, 11) is 0. The van der Waals surface area contributed by atoms with Gasteiger partial charge in [-0.1, -0.05) is 6.07 Å². The Morgan fingerprint density at radius 1 is 0.313 bits per heavy atom. The molecule has 0 bridgehead atoms. The molecule has 20 rings (SSSR count). The van der Waals surface area contributed by atoms with Crippen LogP contribution in [0.5, 0.6) is 46.0 Å². The van der Waals surface area contributed by atoms with Crippen LogP contribution in [0, 0.1) is 0 Å². The number of hydrogen-bond acceptors (Lipinski definition) is 38. The molecule has 5 fully saturated rings. The van der Waals surface area contributed by atoms with Gasteiger partial charge < -0.3 is 139 Å². The molecule has 10 aliphatic heterocycles. The molecule has 5 unspecified atom stereocenters. The number of nitrogens with one attached hydrogen (secondary N) is 5. The van der Waals surface area contributed by atoms with Gasteiger partial charge in [0.25, 0.3) is 29.5 Å². The van der Waals surface area contributed by atoms with Crippen LogP contribution in [-0.4, -0.2) is 297 Å². The molecule has 15 N–H and O–H groups in total. The zero-order valence-corrected chi connectivity index (χ0v) is 77.6. The summed E-state index contributed by atoms with van der Waals surface area (Å²) in [5, 5.41) is 105. The van der Waals surface area contributed by atoms with Crippen molar-refractivity contribution in [3.05, 3.63) is 244 Å². The largest absolute Gasteiger partial charge is 0.493 e. The van der Waals surface area contributed by atoms with Crippen molar-refractivity contribution in [2.45, 2.75) is 161 Å². The van der Waals surface area contributed by atoms with Gasteiger partial charge in [0.2, 0.25) is 37.9 Å². The number of carbonyl (C=O) groups excluding carboxylic acids is 5. The minimum atomic E-state index is -3.83. The number of amides is 5. The van der Waals surface area contributed by atoms with E-state index in [1.807, 2.05) is 13.8 Å². The molecule has 48 nitrogen and oxygen atoms in total. The summed E-state index contributed by atoms with van der Waals surface area (Å²) in [5.74, 6) is -18.8. The van der Waals surface area contributed by atoms with Crippen LogP contribution in [-0.2, 0) is 36.5 Å². The predicted octanol–water partition coefficient (Wildman–Crippen LogP) is 2.22. The normalized spacial score (nSPS) is 24.8. The van der Waals surface area contributed by atoms with Gasteiger partial charge in [-0.2, -0.15) is 68.8 Å². The van der Waals surface area contributed by atoms with Gasteiger partial charge in [0, 0.05) is 78.1 Å². The molecule has 150 heavy (non-hydrogen) atoms. The van der Waals surface area contributed by atoms with E-state index in [1.54, 1.807) is 54.6 Å². The lowest BCUT2D eigenvalue weighted by atomic mass is 10.0. The third kappa shape index (κ3) is 22.3. The molecule has 5 amide bonds. The van der Waals surface area contributed by atoms with Gasteiger partial charge in [0.1, 0.15) is 89.9 Å². The Balaban J connectivity index is 0.000000133. The number of aromatic nitrogens is 10. The fourth-order valence-corrected chi connectivity index (χ4v) is 16.4. The Hall–Kier alpha value is -15.1. The minimum absolute atomic E-state index is 0.0416. The number of ether oxygens (including phenoxy) is 13. The number of aliphatic hydroxyl groups excluding tert-OH is 10. The maximum Gasteiger partial charge on any atom is 0.351 e. The van der Waals surface area contributed by atoms with Crippen LogP contribution in [0.15, 0.2) is 176 Å². The first-order valence-electron chi connectivity index (χ1n) is 45.2. The van der Waals surface area contributed by atoms with Crippen LogP contribution in [0.2, 0.25) is 0 Å². The number of halogens is 10. The van der Waals surface area contributed by atoms with Crippen molar-refractivity contribution in [2.24, 2.45) is 0 Å². The van der Waals surface area contributed by atoms with E-state index in [0.717, 1.165) is 72.4 Å². The third-order valence-corrected chi connectivity index (χ3v) is 24.2. The maximum absolute atomic E-state index is 14.2. The molecule has 0 spiro atoms. The SMILES string of the molecule is CC1(C)Cc2ccc(C(=O)Nc3ccn(C4O[C@H](CO)[C@@H](O)C4(F)F)c(=O)n3)cc2O1.O=C(Nc1ccn(C2O[C@H](CO)[C@@H](O)C2(F)F)c(=O)n1)c1ccc2c(c1)CCO2.O=C(Nc1ccn(C2O[C@H](CO)[C@@H](O)C2(F)F)c(=O)n1)c1ccc2c(c1)OCCCO2.O=C(Nc1ccn(C2O[C@H](CO)[C@@H](O)C2(F)F)c(=O)n1)c1ccc2c(c1)OCCO2.O=C(Nc1ccn(C2O[C@H](CO)[C@@H](O)C2(F)F)c(=O)n1)c1ccc2c(c1)OCO2. The molecular weight excluding hydrogens is 2030 g/mol. The molecule has 0 aliphatic carbocycles. The highest BCUT2D eigenvalue weighted by Crippen LogP contribution is 2.49. The van der Waals surface area contributed by atoms with Gasteiger partial charge in [-0.15, -0.1) is 0 Å². The van der Waals surface area contributed by atoms with Crippen molar-refractivity contribution in [3.63, 3.8) is 0 Å². The summed E-state index contributed by atoms with van der Waals surface area (Å²) in [6.45, 7) is 1.92. The number of anilines is 5. The molecule has 15 atom stereocenters. The molecular formula is C92H89F10N15O33. The van der Waals surface area contributed by atoms with Crippen LogP contribution in [0.3, 0.4) is 0 Å². The molecule has 5 aromatic heterocycles. The number of carbonyl (C=O) groups is 5. The van der Waals surface area contributed by atoms with E-state index in [1.165, 1.54) is 36.4 Å². The Morgan fingerprint density at radius 3 is 0.860 bits per heavy atom. The van der Waals surface area contributed by atoms with Crippen LogP contribution >= 0.6 is 0 Å². The van der Waals surface area contributed by atoms with Crippen molar-refractivity contribution in [1.82, 2.24) is 47.8 Å². The second kappa shape index (κ2) is 43.6. The highest BCUT2D eigenvalue weighted by Gasteiger charge is 2.64. The minimum Gasteiger partial charge on any atom is -0.493 e. The highest BCUT2D eigenvalue weighted by molar-refractivity contribution is 6.07. The van der Waals surface area contributed by atoms with E-state index < -0.39 is 213 Å². The zero-order valence-electron chi connectivity index (χ0n) is 77.6. The number of alkyl halides is 10. The van der Waals surface area contributed by atoms with Gasteiger partial charge in [0.15, 0.2) is 65.0 Å². The quantitative estimate of drug-likeness (QED) is 0.0486. The second-order valence-electron chi connectivity index (χ2n) is 34.8. The van der Waals surface area contributed by atoms with E-state index in [0.29, 0.717) is 127 Å². The number of hydrogen-bond donors (Lipinski definition) is 15. The lowest BCUT2D eigenvalue weighted by Gasteiger charge is -2.21. The van der Waals surface area contributed by atoms with Crippen LogP contribution in [0.25, 0.3) is 0 Å². The monoisotopic (exact) mass is 2120 g/mol. The standard InChI is InChI=1S/C20H21F2N3O6.C19H19F2N3O7.C18H17F2N3O7.C18H17F2N3O6.C17H15F2N3O7/c1-19(2)8-11-4-3-10(7-12(11)31-19)16(28)23-14-5-6-25(18(29)24-14)17-20(21,22)15(27)13(9-26)30-17;20-19(21)15(26)13(9-25)31-17(19)24-5-4-14(23-18(24)28)22-16(27)10-2-3-11-12(8-10)30-7-1-6-29-11;19-18(20)14(25)12(8-24)30-16(18)23-4-3-13(22-17(23)27)21-15(26)9-1-2-10-11(7-9)29-6-5-28-10;19-18(20)14(25)12(8-24)29-16(18)23-5-3-13(22-17(23)27)21-15(26)10-1-2-11-9(7-10)4-6-28-11;18-17(19)13(24)11(6-23)29-15(17)22-4-3-12(21-16(22)26)20-14(25)8-1-2-9-10(5-8)28-7-27-9/h3-7,13,15,17,26-27H,8-9H2,1-2H3,(H,23,24,28,29);2-5,8,13,15,17,25-26H,1,6-7,9H2,(H,22,23,27,28);1-4,7,12,14,16,24-25H,5-6,8H2,(H,21,22,26,27);1-3,5,7,12,14,16,24-25H,4,6,8H2,(H,21,22,26,27);1-5,11,13,15,23-24H,6-7H2,(H,20,21,25,26)/t2*13-,15-,17?;2*12-,14-,16?;11-,13-,15?/m11111/s1. The van der Waals surface area contributed by atoms with Gasteiger partial charge in [-0.3, -0.25) is 46.8 Å². The molecule has 5 aromatic carbocycles. The summed E-state index contributed by atoms with van der Waals surface area (Å²) in [6.07, 6.45) is -22.9. The molecule has 800 valence electrons.